The fourth-order valence-electron chi connectivity index (χ4n) is 3.12. The Kier molecular flexibility index (Phi) is 4.57. The van der Waals surface area contributed by atoms with Crippen LogP contribution in [0.15, 0.2) is 28.7 Å². The van der Waals surface area contributed by atoms with Crippen molar-refractivity contribution in [2.24, 2.45) is 0 Å². The first-order chi connectivity index (χ1) is 11.1. The van der Waals surface area contributed by atoms with Crippen molar-refractivity contribution in [3.05, 3.63) is 30.0 Å². The summed E-state index contributed by atoms with van der Waals surface area (Å²) in [6, 6.07) is 8.39. The minimum absolute atomic E-state index is 0.0866. The van der Waals surface area contributed by atoms with Crippen molar-refractivity contribution < 1.29 is 13.9 Å². The molecule has 0 bridgehead atoms. The van der Waals surface area contributed by atoms with E-state index in [1.165, 1.54) is 0 Å². The molecule has 0 unspecified atom stereocenters. The van der Waals surface area contributed by atoms with E-state index in [1.54, 1.807) is 4.90 Å². The molecule has 2 heterocycles. The van der Waals surface area contributed by atoms with Crippen molar-refractivity contribution in [2.75, 3.05) is 20.2 Å². The van der Waals surface area contributed by atoms with Crippen LogP contribution in [0.1, 0.15) is 38.5 Å². The lowest BCUT2D eigenvalue weighted by molar-refractivity contribution is -0.132. The highest BCUT2D eigenvalue weighted by atomic mass is 16.5. The number of carbonyl (C=O) groups is 1. The molecule has 5 nitrogen and oxygen atoms in total. The molecule has 1 aliphatic heterocycles. The molecule has 1 aromatic carbocycles. The summed E-state index contributed by atoms with van der Waals surface area (Å²) in [5.41, 5.74) is 0.800. The van der Waals surface area contributed by atoms with Crippen LogP contribution >= 0.6 is 0 Å². The molecular weight excluding hydrogens is 292 g/mol. The average Bonchev–Trinajstić information content (AvgIpc) is 2.97. The quantitative estimate of drug-likeness (QED) is 0.921. The molecule has 2 aromatic rings. The van der Waals surface area contributed by atoms with Gasteiger partial charge in [-0.3, -0.25) is 4.79 Å². The smallest absolute Gasteiger partial charge is 0.222 e. The molecule has 2 atom stereocenters. The molecule has 1 aliphatic rings. The van der Waals surface area contributed by atoms with E-state index in [0.29, 0.717) is 19.1 Å². The van der Waals surface area contributed by atoms with Crippen molar-refractivity contribution in [1.82, 2.24) is 10.2 Å². The fraction of sp³-hybridized carbons (Fsp3) is 0.500. The van der Waals surface area contributed by atoms with Crippen molar-refractivity contribution in [3.63, 3.8) is 0 Å². The lowest BCUT2D eigenvalue weighted by Crippen LogP contribution is -2.47. The number of rotatable bonds is 5. The van der Waals surface area contributed by atoms with E-state index in [1.807, 2.05) is 32.2 Å². The molecule has 1 saturated heterocycles. The van der Waals surface area contributed by atoms with Crippen LogP contribution in [0.3, 0.4) is 0 Å². The number of likely N-dealkylation sites (N-methyl/N-ethyl adjacent to an activating group) is 1. The first-order valence-corrected chi connectivity index (χ1v) is 8.23. The summed E-state index contributed by atoms with van der Waals surface area (Å²) in [5, 5.41) is 4.62. The van der Waals surface area contributed by atoms with Crippen LogP contribution < -0.4 is 10.1 Å². The molecular formula is C18H24N2O3. The van der Waals surface area contributed by atoms with Gasteiger partial charge in [0.05, 0.1) is 12.6 Å². The van der Waals surface area contributed by atoms with Crippen molar-refractivity contribution >= 4 is 16.9 Å². The number of hydrogen-bond donors (Lipinski definition) is 1. The third-order valence-corrected chi connectivity index (χ3v) is 4.37. The number of fused-ring (bicyclic) bond motifs is 1. The lowest BCUT2D eigenvalue weighted by atomic mass is 10.0. The number of piperidine rings is 1. The first kappa shape index (κ1) is 15.9. The highest BCUT2D eigenvalue weighted by Crippen LogP contribution is 2.31. The molecule has 0 spiro atoms. The second kappa shape index (κ2) is 6.62. The van der Waals surface area contributed by atoms with Crippen LogP contribution in [0, 0.1) is 0 Å². The molecule has 5 heteroatoms. The minimum atomic E-state index is 0.0866. The zero-order valence-corrected chi connectivity index (χ0v) is 14.0. The number of amides is 1. The van der Waals surface area contributed by atoms with E-state index in [4.69, 9.17) is 9.15 Å². The van der Waals surface area contributed by atoms with Gasteiger partial charge in [-0.15, -0.1) is 0 Å². The fourth-order valence-corrected chi connectivity index (χ4v) is 3.12. The molecule has 0 saturated carbocycles. The Morgan fingerprint density at radius 3 is 3.04 bits per heavy atom. The van der Waals surface area contributed by atoms with Gasteiger partial charge in [-0.25, -0.2) is 0 Å². The number of likely N-dealkylation sites (tertiary alicyclic amines) is 1. The number of hydrogen-bond acceptors (Lipinski definition) is 4. The Labute approximate surface area is 136 Å². The molecule has 124 valence electrons. The Balaban J connectivity index is 1.74. The van der Waals surface area contributed by atoms with Gasteiger partial charge in [0, 0.05) is 31.4 Å². The zero-order valence-electron chi connectivity index (χ0n) is 14.0. The number of furan rings is 1. The van der Waals surface area contributed by atoms with Crippen LogP contribution in [0.2, 0.25) is 0 Å². The maximum Gasteiger partial charge on any atom is 0.222 e. The standard InChI is InChI=1S/C18H24N2O3/c1-4-22-15-7-5-6-13-10-16(23-18(13)15)12(2)19-14-8-9-17(21)20(3)11-14/h5-7,10,12,14,19H,4,8-9,11H2,1-3H3/t12-,14+/m0/s1. The van der Waals surface area contributed by atoms with Crippen LogP contribution in [-0.2, 0) is 4.79 Å². The molecule has 1 fully saturated rings. The highest BCUT2D eigenvalue weighted by Gasteiger charge is 2.25. The van der Waals surface area contributed by atoms with Gasteiger partial charge in [-0.1, -0.05) is 12.1 Å². The van der Waals surface area contributed by atoms with Crippen LogP contribution in [0.4, 0.5) is 0 Å². The Bertz CT molecular complexity index is 695. The van der Waals surface area contributed by atoms with Crippen molar-refractivity contribution in [3.8, 4) is 5.75 Å². The van der Waals surface area contributed by atoms with E-state index < -0.39 is 0 Å². The van der Waals surface area contributed by atoms with E-state index in [-0.39, 0.29) is 11.9 Å². The second-order valence-corrected chi connectivity index (χ2v) is 6.15. The maximum atomic E-state index is 11.6. The van der Waals surface area contributed by atoms with Crippen LogP contribution in [0.25, 0.3) is 11.0 Å². The maximum absolute atomic E-state index is 11.6. The lowest BCUT2D eigenvalue weighted by Gasteiger charge is -2.31. The molecule has 0 aliphatic carbocycles. The summed E-state index contributed by atoms with van der Waals surface area (Å²) in [6.07, 6.45) is 1.48. The van der Waals surface area contributed by atoms with Gasteiger partial charge >= 0.3 is 0 Å². The van der Waals surface area contributed by atoms with E-state index in [2.05, 4.69) is 18.3 Å². The predicted octanol–water partition coefficient (Wildman–Crippen LogP) is 3.10. The summed E-state index contributed by atoms with van der Waals surface area (Å²) in [7, 11) is 1.86. The van der Waals surface area contributed by atoms with Gasteiger partial charge in [0.15, 0.2) is 11.3 Å². The van der Waals surface area contributed by atoms with Gasteiger partial charge in [0.1, 0.15) is 5.76 Å². The van der Waals surface area contributed by atoms with E-state index >= 15 is 0 Å². The second-order valence-electron chi connectivity index (χ2n) is 6.15. The van der Waals surface area contributed by atoms with Gasteiger partial charge in [0.2, 0.25) is 5.91 Å². The van der Waals surface area contributed by atoms with Gasteiger partial charge < -0.3 is 19.4 Å². The average molecular weight is 316 g/mol. The topological polar surface area (TPSA) is 54.7 Å². The Morgan fingerprint density at radius 2 is 2.30 bits per heavy atom. The predicted molar refractivity (Wildman–Crippen MR) is 89.6 cm³/mol. The number of nitrogens with zero attached hydrogens (tertiary/aromatic N) is 1. The third-order valence-electron chi connectivity index (χ3n) is 4.37. The van der Waals surface area contributed by atoms with Crippen LogP contribution in [-0.4, -0.2) is 37.0 Å². The van der Waals surface area contributed by atoms with E-state index in [9.17, 15) is 4.79 Å². The normalized spacial score (nSPS) is 20.0. The van der Waals surface area contributed by atoms with Crippen molar-refractivity contribution in [2.45, 2.75) is 38.8 Å². The summed E-state index contributed by atoms with van der Waals surface area (Å²) < 4.78 is 11.7. The molecule has 23 heavy (non-hydrogen) atoms. The van der Waals surface area contributed by atoms with Crippen LogP contribution in [0.5, 0.6) is 5.75 Å². The molecule has 1 N–H and O–H groups in total. The Hall–Kier alpha value is -2.01. The molecule has 1 aromatic heterocycles. The van der Waals surface area contributed by atoms with Gasteiger partial charge in [0.25, 0.3) is 0 Å². The SMILES string of the molecule is CCOc1cccc2cc([C@H](C)N[C@@H]3CCC(=O)N(C)C3)oc12. The summed E-state index contributed by atoms with van der Waals surface area (Å²) in [5.74, 6) is 1.90. The molecule has 0 radical (unpaired) electrons. The number of benzene rings is 1. The van der Waals surface area contributed by atoms with Gasteiger partial charge in [-0.2, -0.15) is 0 Å². The molecule has 3 rings (SSSR count). The summed E-state index contributed by atoms with van der Waals surface area (Å²) in [4.78, 5) is 13.4. The monoisotopic (exact) mass is 316 g/mol. The first-order valence-electron chi connectivity index (χ1n) is 8.23. The Morgan fingerprint density at radius 1 is 1.48 bits per heavy atom. The number of para-hydroxylation sites is 1. The zero-order chi connectivity index (χ0) is 16.4. The minimum Gasteiger partial charge on any atom is -0.490 e. The van der Waals surface area contributed by atoms with Gasteiger partial charge in [-0.05, 0) is 32.4 Å². The summed E-state index contributed by atoms with van der Waals surface area (Å²) >= 11 is 0. The molecule has 1 amide bonds. The number of nitrogens with one attached hydrogen (secondary N) is 1. The summed E-state index contributed by atoms with van der Waals surface area (Å²) in [6.45, 7) is 5.42. The largest absolute Gasteiger partial charge is 0.490 e. The number of carbonyl (C=O) groups excluding carboxylic acids is 1. The van der Waals surface area contributed by atoms with E-state index in [0.717, 1.165) is 35.4 Å². The number of ether oxygens (including phenoxy) is 1. The van der Waals surface area contributed by atoms with Crippen molar-refractivity contribution in [1.29, 1.82) is 0 Å². The highest BCUT2D eigenvalue weighted by molar-refractivity contribution is 5.83. The third kappa shape index (κ3) is 3.34.